The Hall–Kier alpha value is -1.12. The number of rotatable bonds is 3. The Kier molecular flexibility index (Phi) is 4.35. The van der Waals surface area contributed by atoms with Crippen molar-refractivity contribution in [1.29, 1.82) is 0 Å². The Labute approximate surface area is 103 Å². The molecule has 1 amide bonds. The van der Waals surface area contributed by atoms with Gasteiger partial charge in [-0.25, -0.2) is 0 Å². The van der Waals surface area contributed by atoms with E-state index < -0.39 is 0 Å². The molecule has 1 heterocycles. The number of nitrogens with zero attached hydrogens (tertiary/aromatic N) is 1. The SMILES string of the molecule is CC1C=C(CC(=O)NC2CCCCC2)C=NC1. The summed E-state index contributed by atoms with van der Waals surface area (Å²) in [5.41, 5.74) is 1.07. The molecule has 1 aliphatic heterocycles. The van der Waals surface area contributed by atoms with E-state index in [9.17, 15) is 4.79 Å². The van der Waals surface area contributed by atoms with Gasteiger partial charge in [0, 0.05) is 18.8 Å². The van der Waals surface area contributed by atoms with Crippen LogP contribution in [0.4, 0.5) is 0 Å². The van der Waals surface area contributed by atoms with Crippen molar-refractivity contribution in [3.8, 4) is 0 Å². The third kappa shape index (κ3) is 3.99. The van der Waals surface area contributed by atoms with Crippen molar-refractivity contribution >= 4 is 12.1 Å². The van der Waals surface area contributed by atoms with Gasteiger partial charge in [-0.2, -0.15) is 0 Å². The number of hydrogen-bond donors (Lipinski definition) is 1. The molecule has 0 radical (unpaired) electrons. The fourth-order valence-corrected chi connectivity index (χ4v) is 2.61. The number of carbonyl (C=O) groups excluding carboxylic acids is 1. The maximum atomic E-state index is 11.9. The number of amides is 1. The molecule has 1 unspecified atom stereocenters. The lowest BCUT2D eigenvalue weighted by molar-refractivity contribution is -0.121. The summed E-state index contributed by atoms with van der Waals surface area (Å²) < 4.78 is 0. The van der Waals surface area contributed by atoms with Gasteiger partial charge in [0.15, 0.2) is 0 Å². The van der Waals surface area contributed by atoms with Gasteiger partial charge in [-0.15, -0.1) is 0 Å². The third-order valence-electron chi connectivity index (χ3n) is 3.48. The van der Waals surface area contributed by atoms with Crippen LogP contribution in [-0.4, -0.2) is 24.7 Å². The van der Waals surface area contributed by atoms with Crippen LogP contribution in [0.1, 0.15) is 45.4 Å². The smallest absolute Gasteiger partial charge is 0.224 e. The second-order valence-corrected chi connectivity index (χ2v) is 5.29. The van der Waals surface area contributed by atoms with Crippen LogP contribution in [0, 0.1) is 5.92 Å². The average molecular weight is 234 g/mol. The van der Waals surface area contributed by atoms with E-state index in [0.29, 0.717) is 18.4 Å². The Balaban J connectivity index is 1.78. The molecule has 3 nitrogen and oxygen atoms in total. The van der Waals surface area contributed by atoms with Gasteiger partial charge in [-0.3, -0.25) is 9.79 Å². The Morgan fingerprint density at radius 3 is 2.88 bits per heavy atom. The highest BCUT2D eigenvalue weighted by molar-refractivity contribution is 5.90. The monoisotopic (exact) mass is 234 g/mol. The molecule has 0 bridgehead atoms. The van der Waals surface area contributed by atoms with Crippen LogP contribution in [-0.2, 0) is 4.79 Å². The predicted molar refractivity (Wildman–Crippen MR) is 70.2 cm³/mol. The first kappa shape index (κ1) is 12.3. The van der Waals surface area contributed by atoms with Crippen molar-refractivity contribution < 1.29 is 4.79 Å². The summed E-state index contributed by atoms with van der Waals surface area (Å²) in [5.74, 6) is 0.626. The van der Waals surface area contributed by atoms with E-state index >= 15 is 0 Å². The molecule has 0 aromatic rings. The first-order chi connectivity index (χ1) is 8.24. The van der Waals surface area contributed by atoms with Crippen molar-refractivity contribution in [1.82, 2.24) is 5.32 Å². The molecule has 0 saturated heterocycles. The average Bonchev–Trinajstić information content (AvgIpc) is 2.30. The summed E-state index contributed by atoms with van der Waals surface area (Å²) >= 11 is 0. The van der Waals surface area contributed by atoms with E-state index in [4.69, 9.17) is 0 Å². The first-order valence-corrected chi connectivity index (χ1v) is 6.74. The molecular weight excluding hydrogens is 212 g/mol. The zero-order chi connectivity index (χ0) is 12.1. The van der Waals surface area contributed by atoms with E-state index in [1.54, 1.807) is 0 Å². The van der Waals surface area contributed by atoms with Gasteiger partial charge in [0.1, 0.15) is 0 Å². The van der Waals surface area contributed by atoms with E-state index in [-0.39, 0.29) is 5.91 Å². The molecule has 2 rings (SSSR count). The highest BCUT2D eigenvalue weighted by Crippen LogP contribution is 2.18. The topological polar surface area (TPSA) is 41.5 Å². The molecule has 0 aromatic heterocycles. The minimum absolute atomic E-state index is 0.156. The van der Waals surface area contributed by atoms with Crippen molar-refractivity contribution in [2.24, 2.45) is 10.9 Å². The van der Waals surface area contributed by atoms with Crippen LogP contribution >= 0.6 is 0 Å². The van der Waals surface area contributed by atoms with Crippen LogP contribution in [0.25, 0.3) is 0 Å². The predicted octanol–water partition coefficient (Wildman–Crippen LogP) is 2.47. The molecule has 17 heavy (non-hydrogen) atoms. The lowest BCUT2D eigenvalue weighted by atomic mass is 9.95. The summed E-state index contributed by atoms with van der Waals surface area (Å²) in [5, 5.41) is 3.14. The van der Waals surface area contributed by atoms with E-state index in [1.165, 1.54) is 19.3 Å². The quantitative estimate of drug-likeness (QED) is 0.800. The number of aliphatic imine (C=N–C) groups is 1. The van der Waals surface area contributed by atoms with Crippen molar-refractivity contribution in [2.75, 3.05) is 6.54 Å². The van der Waals surface area contributed by atoms with Gasteiger partial charge < -0.3 is 5.32 Å². The first-order valence-electron chi connectivity index (χ1n) is 6.74. The Morgan fingerprint density at radius 1 is 1.41 bits per heavy atom. The van der Waals surface area contributed by atoms with Crippen LogP contribution in [0.2, 0.25) is 0 Å². The fourth-order valence-electron chi connectivity index (χ4n) is 2.61. The van der Waals surface area contributed by atoms with Gasteiger partial charge in [-0.05, 0) is 24.3 Å². The van der Waals surface area contributed by atoms with Gasteiger partial charge in [-0.1, -0.05) is 32.3 Å². The van der Waals surface area contributed by atoms with Crippen molar-refractivity contribution in [3.63, 3.8) is 0 Å². The molecule has 1 atom stereocenters. The molecule has 1 fully saturated rings. The molecule has 1 N–H and O–H groups in total. The van der Waals surface area contributed by atoms with Crippen LogP contribution in [0.5, 0.6) is 0 Å². The molecular formula is C14H22N2O. The summed E-state index contributed by atoms with van der Waals surface area (Å²) in [6.07, 6.45) is 10.6. The molecule has 3 heteroatoms. The zero-order valence-corrected chi connectivity index (χ0v) is 10.6. The highest BCUT2D eigenvalue weighted by Gasteiger charge is 2.16. The highest BCUT2D eigenvalue weighted by atomic mass is 16.1. The molecule has 94 valence electrons. The van der Waals surface area contributed by atoms with Crippen LogP contribution in [0.3, 0.4) is 0 Å². The Bertz CT molecular complexity index is 327. The van der Waals surface area contributed by atoms with Gasteiger partial charge in [0.25, 0.3) is 0 Å². The van der Waals surface area contributed by atoms with Crippen LogP contribution < -0.4 is 5.32 Å². The molecule has 0 spiro atoms. The number of dihydropyridines is 1. The largest absolute Gasteiger partial charge is 0.353 e. The minimum Gasteiger partial charge on any atom is -0.353 e. The maximum Gasteiger partial charge on any atom is 0.224 e. The lowest BCUT2D eigenvalue weighted by Gasteiger charge is -2.23. The summed E-state index contributed by atoms with van der Waals surface area (Å²) in [4.78, 5) is 16.1. The summed E-state index contributed by atoms with van der Waals surface area (Å²) in [6, 6.07) is 0.412. The molecule has 0 aromatic carbocycles. The van der Waals surface area contributed by atoms with E-state index in [1.807, 2.05) is 6.21 Å². The standard InChI is InChI=1S/C14H22N2O/c1-11-7-12(10-15-9-11)8-14(17)16-13-5-3-2-4-6-13/h7,10-11,13H,2-6,8-9H2,1H3,(H,16,17). The van der Waals surface area contributed by atoms with Crippen LogP contribution in [0.15, 0.2) is 16.6 Å². The fraction of sp³-hybridized carbons (Fsp3) is 0.714. The van der Waals surface area contributed by atoms with E-state index in [2.05, 4.69) is 23.3 Å². The third-order valence-corrected chi connectivity index (χ3v) is 3.48. The summed E-state index contributed by atoms with van der Waals surface area (Å²) in [7, 11) is 0. The lowest BCUT2D eigenvalue weighted by Crippen LogP contribution is -2.36. The van der Waals surface area contributed by atoms with Gasteiger partial charge in [0.2, 0.25) is 5.91 Å². The molecule has 1 saturated carbocycles. The minimum atomic E-state index is 0.156. The second kappa shape index (κ2) is 5.99. The molecule has 2 aliphatic rings. The molecule has 1 aliphatic carbocycles. The second-order valence-electron chi connectivity index (χ2n) is 5.29. The number of carbonyl (C=O) groups is 1. The van der Waals surface area contributed by atoms with E-state index in [0.717, 1.165) is 25.0 Å². The Morgan fingerprint density at radius 2 is 2.18 bits per heavy atom. The zero-order valence-electron chi connectivity index (χ0n) is 10.6. The van der Waals surface area contributed by atoms with Gasteiger partial charge in [0.05, 0.1) is 6.42 Å². The van der Waals surface area contributed by atoms with Crippen molar-refractivity contribution in [3.05, 3.63) is 11.6 Å². The maximum absolute atomic E-state index is 11.9. The number of hydrogen-bond acceptors (Lipinski definition) is 2. The van der Waals surface area contributed by atoms with Gasteiger partial charge >= 0.3 is 0 Å². The number of nitrogens with one attached hydrogen (secondary N) is 1. The normalized spacial score (nSPS) is 25.5. The summed E-state index contributed by atoms with van der Waals surface area (Å²) in [6.45, 7) is 2.99. The van der Waals surface area contributed by atoms with Crippen molar-refractivity contribution in [2.45, 2.75) is 51.5 Å².